The van der Waals surface area contributed by atoms with E-state index in [1.54, 1.807) is 17.9 Å². The number of esters is 1. The summed E-state index contributed by atoms with van der Waals surface area (Å²) >= 11 is 6.62. The molecule has 0 atom stereocenters. The number of hydrogen-bond acceptors (Lipinski definition) is 7. The van der Waals surface area contributed by atoms with Gasteiger partial charge >= 0.3 is 5.97 Å². The highest BCUT2D eigenvalue weighted by Gasteiger charge is 2.32. The van der Waals surface area contributed by atoms with E-state index in [4.69, 9.17) is 17.0 Å². The molecule has 0 bridgehead atoms. The molecular weight excluding hydrogens is 406 g/mol. The summed E-state index contributed by atoms with van der Waals surface area (Å²) in [7, 11) is 0. The van der Waals surface area contributed by atoms with Gasteiger partial charge in [0.15, 0.2) is 0 Å². The Labute approximate surface area is 181 Å². The summed E-state index contributed by atoms with van der Waals surface area (Å²) in [6.07, 6.45) is 3.80. The lowest BCUT2D eigenvalue weighted by atomic mass is 10.1. The van der Waals surface area contributed by atoms with Crippen LogP contribution in [-0.2, 0) is 9.53 Å². The fourth-order valence-electron chi connectivity index (χ4n) is 3.48. The number of carbonyl (C=O) groups excluding carboxylic acids is 2. The number of anilines is 2. The molecule has 6 nitrogen and oxygen atoms in total. The van der Waals surface area contributed by atoms with Crippen molar-refractivity contribution >= 4 is 51.6 Å². The van der Waals surface area contributed by atoms with Crippen LogP contribution in [0.15, 0.2) is 41.1 Å². The minimum Gasteiger partial charge on any atom is -0.462 e. The van der Waals surface area contributed by atoms with Crippen molar-refractivity contribution in [3.05, 3.63) is 46.6 Å². The zero-order valence-electron chi connectivity index (χ0n) is 17.1. The van der Waals surface area contributed by atoms with E-state index in [0.717, 1.165) is 30.3 Å². The molecule has 0 saturated carbocycles. The molecule has 0 spiro atoms. The van der Waals surface area contributed by atoms with E-state index in [0.29, 0.717) is 27.9 Å². The molecule has 1 fully saturated rings. The minimum absolute atomic E-state index is 0.0504. The van der Waals surface area contributed by atoms with E-state index in [2.05, 4.69) is 23.6 Å². The summed E-state index contributed by atoms with van der Waals surface area (Å²) in [5.41, 5.74) is 2.52. The molecule has 154 valence electrons. The Balaban J connectivity index is 1.98. The number of allylic oxidation sites excluding steroid dienone is 2. The Morgan fingerprint density at radius 2 is 1.69 bits per heavy atom. The van der Waals surface area contributed by atoms with Crippen molar-refractivity contribution in [2.45, 2.75) is 27.7 Å². The van der Waals surface area contributed by atoms with Crippen LogP contribution in [0.2, 0.25) is 0 Å². The average Bonchev–Trinajstić information content (AvgIpc) is 3.17. The molecule has 0 unspecified atom stereocenters. The van der Waals surface area contributed by atoms with Crippen LogP contribution >= 0.6 is 24.0 Å². The molecule has 0 N–H and O–H groups in total. The van der Waals surface area contributed by atoms with Gasteiger partial charge in [0.1, 0.15) is 10.1 Å². The first-order valence-corrected chi connectivity index (χ1v) is 11.0. The Kier molecular flexibility index (Phi) is 6.64. The number of hydrogen-bond donors (Lipinski definition) is 0. The lowest BCUT2D eigenvalue weighted by molar-refractivity contribution is -0.122. The summed E-state index contributed by atoms with van der Waals surface area (Å²) < 4.78 is 5.74. The number of ether oxygens (including phenoxy) is 1. The third kappa shape index (κ3) is 3.91. The fraction of sp³-hybridized carbons (Fsp3) is 0.381. The van der Waals surface area contributed by atoms with Crippen LogP contribution in [-0.4, -0.2) is 47.3 Å². The Bertz CT molecular complexity index is 910. The van der Waals surface area contributed by atoms with Crippen molar-refractivity contribution in [2.24, 2.45) is 0 Å². The second-order valence-electron chi connectivity index (χ2n) is 6.39. The highest BCUT2D eigenvalue weighted by Crippen LogP contribution is 2.42. The van der Waals surface area contributed by atoms with Crippen molar-refractivity contribution in [1.29, 1.82) is 0 Å². The lowest BCUT2D eigenvalue weighted by Crippen LogP contribution is -2.28. The van der Waals surface area contributed by atoms with Gasteiger partial charge in [0.2, 0.25) is 0 Å². The lowest BCUT2D eigenvalue weighted by Gasteiger charge is -2.23. The summed E-state index contributed by atoms with van der Waals surface area (Å²) in [4.78, 5) is 31.2. The maximum absolute atomic E-state index is 12.5. The molecule has 2 heterocycles. The summed E-state index contributed by atoms with van der Waals surface area (Å²) in [5, 5.41) is 0. The topological polar surface area (TPSA) is 53.1 Å². The molecule has 29 heavy (non-hydrogen) atoms. The maximum atomic E-state index is 12.5. The van der Waals surface area contributed by atoms with Crippen LogP contribution in [0.4, 0.5) is 11.4 Å². The van der Waals surface area contributed by atoms with Gasteiger partial charge < -0.3 is 14.5 Å². The summed E-state index contributed by atoms with van der Waals surface area (Å²) in [6, 6.07) is 5.62. The van der Waals surface area contributed by atoms with Crippen LogP contribution < -0.4 is 9.80 Å². The van der Waals surface area contributed by atoms with E-state index >= 15 is 0 Å². The van der Waals surface area contributed by atoms with E-state index in [-0.39, 0.29) is 11.9 Å². The molecule has 1 saturated heterocycles. The summed E-state index contributed by atoms with van der Waals surface area (Å²) in [5.74, 6) is 0.591. The number of fused-ring (bicyclic) bond motifs is 1. The normalized spacial score (nSPS) is 19.0. The quantitative estimate of drug-likeness (QED) is 0.381. The van der Waals surface area contributed by atoms with E-state index in [1.807, 2.05) is 31.2 Å². The smallest absolute Gasteiger partial charge is 0.338 e. The molecule has 8 heteroatoms. The molecule has 0 aromatic heterocycles. The van der Waals surface area contributed by atoms with Gasteiger partial charge in [-0.05, 0) is 58.0 Å². The number of thioether (sulfide) groups is 1. The molecule has 3 rings (SSSR count). The minimum atomic E-state index is -0.324. The van der Waals surface area contributed by atoms with Crippen LogP contribution in [0.3, 0.4) is 0 Å². The van der Waals surface area contributed by atoms with Crippen molar-refractivity contribution < 1.29 is 14.3 Å². The van der Waals surface area contributed by atoms with Crippen LogP contribution in [0, 0.1) is 0 Å². The highest BCUT2D eigenvalue weighted by molar-refractivity contribution is 8.26. The molecule has 2 aliphatic rings. The Hall–Kier alpha value is -2.32. The highest BCUT2D eigenvalue weighted by atomic mass is 32.2. The molecule has 1 aromatic carbocycles. The molecule has 0 aliphatic carbocycles. The number of benzene rings is 1. The number of amides is 1. The van der Waals surface area contributed by atoms with Crippen molar-refractivity contribution in [1.82, 2.24) is 4.90 Å². The van der Waals surface area contributed by atoms with Crippen LogP contribution in [0.5, 0.6) is 0 Å². The van der Waals surface area contributed by atoms with E-state index < -0.39 is 0 Å². The van der Waals surface area contributed by atoms with Gasteiger partial charge in [-0.15, -0.1) is 0 Å². The standard InChI is InChI=1S/C21H25N3O3S2/c1-5-22-15-10-9-14(20(26)27-8-4)13-16(15)23(6-2)18(22)12-11-17-19(25)24(7-3)21(28)29-17/h9-13H,5-8H2,1-4H3/b17-11+,18-12-. The van der Waals surface area contributed by atoms with Gasteiger partial charge in [0.25, 0.3) is 5.91 Å². The second-order valence-corrected chi connectivity index (χ2v) is 8.06. The van der Waals surface area contributed by atoms with Gasteiger partial charge in [0, 0.05) is 19.6 Å². The predicted octanol–water partition coefficient (Wildman–Crippen LogP) is 4.14. The maximum Gasteiger partial charge on any atom is 0.338 e. The SMILES string of the molecule is CCOC(=O)c1ccc2c(c1)N(CC)/C(=C\C=C1\SC(=S)N(CC)C1=O)N2CC. The average molecular weight is 432 g/mol. The number of thiocarbonyl (C=S) groups is 1. The first kappa shape index (κ1) is 21.4. The monoisotopic (exact) mass is 431 g/mol. The molecule has 1 aromatic rings. The Morgan fingerprint density at radius 3 is 2.28 bits per heavy atom. The number of carbonyl (C=O) groups is 2. The zero-order valence-corrected chi connectivity index (χ0v) is 18.7. The van der Waals surface area contributed by atoms with Gasteiger partial charge in [0.05, 0.1) is 28.5 Å². The molecule has 2 aliphatic heterocycles. The third-order valence-electron chi connectivity index (χ3n) is 4.83. The van der Waals surface area contributed by atoms with Gasteiger partial charge in [-0.3, -0.25) is 9.69 Å². The van der Waals surface area contributed by atoms with Crippen LogP contribution in [0.1, 0.15) is 38.1 Å². The molecule has 0 radical (unpaired) electrons. The number of likely N-dealkylation sites (N-methyl/N-ethyl adjacent to an activating group) is 1. The third-order valence-corrected chi connectivity index (χ3v) is 6.22. The second kappa shape index (κ2) is 9.00. The van der Waals surface area contributed by atoms with Gasteiger partial charge in [-0.1, -0.05) is 24.0 Å². The van der Waals surface area contributed by atoms with E-state index in [1.165, 1.54) is 11.8 Å². The van der Waals surface area contributed by atoms with E-state index in [9.17, 15) is 9.59 Å². The van der Waals surface area contributed by atoms with Crippen molar-refractivity contribution in [3.63, 3.8) is 0 Å². The van der Waals surface area contributed by atoms with Gasteiger partial charge in [-0.25, -0.2) is 4.79 Å². The first-order valence-electron chi connectivity index (χ1n) is 9.78. The molecule has 1 amide bonds. The molecular formula is C21H25N3O3S2. The van der Waals surface area contributed by atoms with Gasteiger partial charge in [-0.2, -0.15) is 0 Å². The fourth-order valence-corrected chi connectivity index (χ4v) is 4.81. The number of nitrogens with zero attached hydrogens (tertiary/aromatic N) is 3. The zero-order chi connectivity index (χ0) is 21.1. The van der Waals surface area contributed by atoms with Crippen molar-refractivity contribution in [3.8, 4) is 0 Å². The predicted molar refractivity (Wildman–Crippen MR) is 122 cm³/mol. The Morgan fingerprint density at radius 1 is 1.03 bits per heavy atom. The number of rotatable bonds is 6. The summed E-state index contributed by atoms with van der Waals surface area (Å²) in [6.45, 7) is 10.3. The first-order chi connectivity index (χ1) is 14.0. The largest absolute Gasteiger partial charge is 0.462 e. The van der Waals surface area contributed by atoms with Crippen LogP contribution in [0.25, 0.3) is 0 Å². The van der Waals surface area contributed by atoms with Crippen molar-refractivity contribution in [2.75, 3.05) is 36.0 Å².